The van der Waals surface area contributed by atoms with Gasteiger partial charge in [0, 0.05) is 17.1 Å². The van der Waals surface area contributed by atoms with Crippen LogP contribution in [0.25, 0.3) is 17.2 Å². The van der Waals surface area contributed by atoms with Crippen molar-refractivity contribution >= 4 is 11.5 Å². The summed E-state index contributed by atoms with van der Waals surface area (Å²) in [5.74, 6) is 1.95. The Morgan fingerprint density at radius 3 is 2.70 bits per heavy atom. The lowest BCUT2D eigenvalue weighted by Gasteiger charge is -2.09. The first-order valence-corrected chi connectivity index (χ1v) is 6.23. The van der Waals surface area contributed by atoms with Gasteiger partial charge in [-0.1, -0.05) is 0 Å². The Morgan fingerprint density at radius 1 is 1.15 bits per heavy atom. The predicted molar refractivity (Wildman–Crippen MR) is 76.7 cm³/mol. The van der Waals surface area contributed by atoms with Gasteiger partial charge in [0.1, 0.15) is 5.75 Å². The Kier molecular flexibility index (Phi) is 2.78. The molecule has 20 heavy (non-hydrogen) atoms. The van der Waals surface area contributed by atoms with Crippen LogP contribution in [0, 0.1) is 13.8 Å². The van der Waals surface area contributed by atoms with Crippen LogP contribution in [-0.4, -0.2) is 26.7 Å². The highest BCUT2D eigenvalue weighted by molar-refractivity contribution is 5.70. The Balaban J connectivity index is 2.33. The standard InChI is InChI=1S/C14H15N5O/c1-8-6-9(2)19-13(17-18-14(19)16-8)11-7-10(15)4-5-12(11)20-3/h4-7H,15H2,1-3H3. The maximum Gasteiger partial charge on any atom is 0.255 e. The van der Waals surface area contributed by atoms with Crippen LogP contribution in [0.3, 0.4) is 0 Å². The van der Waals surface area contributed by atoms with E-state index in [0.29, 0.717) is 23.0 Å². The van der Waals surface area contributed by atoms with Crippen molar-refractivity contribution in [2.45, 2.75) is 13.8 Å². The van der Waals surface area contributed by atoms with Crippen LogP contribution in [0.5, 0.6) is 5.75 Å². The van der Waals surface area contributed by atoms with Crippen LogP contribution in [0.15, 0.2) is 24.3 Å². The summed E-state index contributed by atoms with van der Waals surface area (Å²) in [7, 11) is 1.62. The number of benzene rings is 1. The second kappa shape index (κ2) is 4.48. The lowest BCUT2D eigenvalue weighted by molar-refractivity contribution is 0.416. The van der Waals surface area contributed by atoms with Crippen molar-refractivity contribution in [3.8, 4) is 17.1 Å². The lowest BCUT2D eigenvalue weighted by atomic mass is 10.1. The van der Waals surface area contributed by atoms with E-state index in [2.05, 4.69) is 15.2 Å². The van der Waals surface area contributed by atoms with Crippen molar-refractivity contribution in [1.29, 1.82) is 0 Å². The largest absolute Gasteiger partial charge is 0.496 e. The molecule has 3 rings (SSSR count). The van der Waals surface area contributed by atoms with Crippen molar-refractivity contribution < 1.29 is 4.74 Å². The molecule has 3 aromatic rings. The SMILES string of the molecule is COc1ccc(N)cc1-c1nnc2nc(C)cc(C)n12. The van der Waals surface area contributed by atoms with Gasteiger partial charge < -0.3 is 10.5 Å². The topological polar surface area (TPSA) is 78.3 Å². The summed E-state index contributed by atoms with van der Waals surface area (Å²) in [6.45, 7) is 3.93. The van der Waals surface area contributed by atoms with Gasteiger partial charge >= 0.3 is 0 Å². The first-order valence-electron chi connectivity index (χ1n) is 6.23. The number of aromatic nitrogens is 4. The van der Waals surface area contributed by atoms with Crippen molar-refractivity contribution in [2.75, 3.05) is 12.8 Å². The molecule has 0 bridgehead atoms. The highest BCUT2D eigenvalue weighted by Crippen LogP contribution is 2.31. The molecule has 0 amide bonds. The summed E-state index contributed by atoms with van der Waals surface area (Å²) < 4.78 is 7.27. The average Bonchev–Trinajstić information content (AvgIpc) is 2.82. The molecule has 0 saturated carbocycles. The molecule has 0 spiro atoms. The second-order valence-corrected chi connectivity index (χ2v) is 4.66. The molecular formula is C14H15N5O. The molecule has 0 aliphatic heterocycles. The van der Waals surface area contributed by atoms with Crippen LogP contribution >= 0.6 is 0 Å². The molecule has 2 N–H and O–H groups in total. The zero-order valence-corrected chi connectivity index (χ0v) is 11.6. The highest BCUT2D eigenvalue weighted by Gasteiger charge is 2.15. The van der Waals surface area contributed by atoms with Crippen LogP contribution in [0.2, 0.25) is 0 Å². The van der Waals surface area contributed by atoms with E-state index in [4.69, 9.17) is 10.5 Å². The molecule has 102 valence electrons. The molecule has 6 nitrogen and oxygen atoms in total. The molecule has 2 aromatic heterocycles. The molecule has 0 unspecified atom stereocenters. The molecule has 0 fully saturated rings. The fraction of sp³-hybridized carbons (Fsp3) is 0.214. The van der Waals surface area contributed by atoms with Gasteiger partial charge in [-0.2, -0.15) is 0 Å². The van der Waals surface area contributed by atoms with E-state index in [9.17, 15) is 0 Å². The number of anilines is 1. The second-order valence-electron chi connectivity index (χ2n) is 4.66. The number of hydrogen-bond donors (Lipinski definition) is 1. The van der Waals surface area contributed by atoms with E-state index < -0.39 is 0 Å². The number of ether oxygens (including phenoxy) is 1. The molecule has 6 heteroatoms. The molecular weight excluding hydrogens is 254 g/mol. The van der Waals surface area contributed by atoms with Crippen molar-refractivity contribution in [3.63, 3.8) is 0 Å². The van der Waals surface area contributed by atoms with Gasteiger partial charge in [0.15, 0.2) is 5.82 Å². The first kappa shape index (κ1) is 12.4. The lowest BCUT2D eigenvalue weighted by Crippen LogP contribution is -2.00. The van der Waals surface area contributed by atoms with E-state index in [-0.39, 0.29) is 0 Å². The van der Waals surface area contributed by atoms with Crippen molar-refractivity contribution in [1.82, 2.24) is 19.6 Å². The van der Waals surface area contributed by atoms with Gasteiger partial charge in [-0.25, -0.2) is 4.98 Å². The third-order valence-corrected chi connectivity index (χ3v) is 3.16. The molecule has 0 aliphatic rings. The highest BCUT2D eigenvalue weighted by atomic mass is 16.5. The van der Waals surface area contributed by atoms with Gasteiger partial charge in [0.05, 0.1) is 12.7 Å². The minimum absolute atomic E-state index is 0.571. The summed E-state index contributed by atoms with van der Waals surface area (Å²) in [6.07, 6.45) is 0. The van der Waals surface area contributed by atoms with E-state index in [0.717, 1.165) is 17.0 Å². The van der Waals surface area contributed by atoms with E-state index in [1.807, 2.05) is 36.4 Å². The Hall–Kier alpha value is -2.63. The maximum absolute atomic E-state index is 5.87. The summed E-state index contributed by atoms with van der Waals surface area (Å²) in [5.41, 5.74) is 9.24. The van der Waals surface area contributed by atoms with Gasteiger partial charge in [0.25, 0.3) is 5.78 Å². The monoisotopic (exact) mass is 269 g/mol. The third kappa shape index (κ3) is 1.85. The first-order chi connectivity index (χ1) is 9.60. The number of nitrogens with two attached hydrogens (primary N) is 1. The molecule has 2 heterocycles. The number of rotatable bonds is 2. The number of fused-ring (bicyclic) bond motifs is 1. The van der Waals surface area contributed by atoms with Gasteiger partial charge in [0.2, 0.25) is 0 Å². The predicted octanol–water partition coefficient (Wildman–Crippen LogP) is 2.00. The van der Waals surface area contributed by atoms with Gasteiger partial charge in [-0.3, -0.25) is 4.40 Å². The smallest absolute Gasteiger partial charge is 0.255 e. The number of methoxy groups -OCH3 is 1. The van der Waals surface area contributed by atoms with Crippen LogP contribution in [0.1, 0.15) is 11.4 Å². The normalized spacial score (nSPS) is 10.9. The number of hydrogen-bond acceptors (Lipinski definition) is 5. The average molecular weight is 269 g/mol. The van der Waals surface area contributed by atoms with E-state index in [1.165, 1.54) is 0 Å². The van der Waals surface area contributed by atoms with E-state index >= 15 is 0 Å². The fourth-order valence-electron chi connectivity index (χ4n) is 2.30. The minimum Gasteiger partial charge on any atom is -0.496 e. The molecule has 0 aliphatic carbocycles. The van der Waals surface area contributed by atoms with E-state index in [1.54, 1.807) is 13.2 Å². The van der Waals surface area contributed by atoms with Gasteiger partial charge in [-0.05, 0) is 38.1 Å². The Morgan fingerprint density at radius 2 is 1.95 bits per heavy atom. The number of nitrogens with zero attached hydrogens (tertiary/aromatic N) is 4. The summed E-state index contributed by atoms with van der Waals surface area (Å²) in [6, 6.07) is 7.43. The molecule has 1 aromatic carbocycles. The minimum atomic E-state index is 0.571. The summed E-state index contributed by atoms with van der Waals surface area (Å²) in [5, 5.41) is 8.36. The fourth-order valence-corrected chi connectivity index (χ4v) is 2.30. The summed E-state index contributed by atoms with van der Waals surface area (Å²) >= 11 is 0. The molecule has 0 atom stereocenters. The Bertz CT molecular complexity index is 794. The molecule has 0 saturated heterocycles. The Labute approximate surface area is 116 Å². The van der Waals surface area contributed by atoms with Crippen molar-refractivity contribution in [2.24, 2.45) is 0 Å². The van der Waals surface area contributed by atoms with Crippen LogP contribution in [0.4, 0.5) is 5.69 Å². The number of nitrogen functional groups attached to an aromatic ring is 1. The third-order valence-electron chi connectivity index (χ3n) is 3.16. The van der Waals surface area contributed by atoms with Gasteiger partial charge in [-0.15, -0.1) is 10.2 Å². The number of aryl methyl sites for hydroxylation is 2. The van der Waals surface area contributed by atoms with Crippen LogP contribution in [-0.2, 0) is 0 Å². The molecule has 0 radical (unpaired) electrons. The van der Waals surface area contributed by atoms with Crippen LogP contribution < -0.4 is 10.5 Å². The zero-order chi connectivity index (χ0) is 14.3. The quantitative estimate of drug-likeness (QED) is 0.720. The summed E-state index contributed by atoms with van der Waals surface area (Å²) in [4.78, 5) is 4.38. The van der Waals surface area contributed by atoms with Crippen molar-refractivity contribution in [3.05, 3.63) is 35.7 Å². The zero-order valence-electron chi connectivity index (χ0n) is 11.6. The maximum atomic E-state index is 5.87.